The van der Waals surface area contributed by atoms with E-state index in [1.165, 1.54) is 0 Å². The molecule has 1 amide bonds. The molecule has 1 aliphatic heterocycles. The van der Waals surface area contributed by atoms with Crippen molar-refractivity contribution in [1.82, 2.24) is 14.7 Å². The van der Waals surface area contributed by atoms with E-state index in [4.69, 9.17) is 19.3 Å². The van der Waals surface area contributed by atoms with Gasteiger partial charge in [0.05, 0.1) is 38.1 Å². The summed E-state index contributed by atoms with van der Waals surface area (Å²) in [6.45, 7) is 3.03. The van der Waals surface area contributed by atoms with Crippen molar-refractivity contribution in [2.75, 3.05) is 33.9 Å². The number of hydrogen-bond donors (Lipinski definition) is 0. The lowest BCUT2D eigenvalue weighted by Gasteiger charge is -2.31. The molecule has 1 unspecified atom stereocenters. The van der Waals surface area contributed by atoms with Crippen LogP contribution in [0.2, 0.25) is 0 Å². The molecule has 34 heavy (non-hydrogen) atoms. The molecule has 0 saturated carbocycles. The lowest BCUT2D eigenvalue weighted by molar-refractivity contribution is -0.149. The van der Waals surface area contributed by atoms with Crippen LogP contribution in [0.15, 0.2) is 54.6 Å². The summed E-state index contributed by atoms with van der Waals surface area (Å²) in [6, 6.07) is 16.7. The van der Waals surface area contributed by atoms with Crippen molar-refractivity contribution in [3.63, 3.8) is 0 Å². The second kappa shape index (κ2) is 10.4. The van der Waals surface area contributed by atoms with Crippen LogP contribution in [0.25, 0.3) is 16.9 Å². The number of nitrogens with zero attached hydrogens (tertiary/aromatic N) is 3. The highest BCUT2D eigenvalue weighted by atomic mass is 16.5. The third-order valence-electron chi connectivity index (χ3n) is 5.94. The van der Waals surface area contributed by atoms with Gasteiger partial charge in [-0.15, -0.1) is 0 Å². The Morgan fingerprint density at radius 1 is 1.03 bits per heavy atom. The van der Waals surface area contributed by atoms with Gasteiger partial charge in [-0.1, -0.05) is 12.1 Å². The average molecular weight is 464 g/mol. The van der Waals surface area contributed by atoms with Crippen molar-refractivity contribution in [2.45, 2.75) is 19.8 Å². The molecule has 0 bridgehead atoms. The van der Waals surface area contributed by atoms with Gasteiger partial charge in [0.2, 0.25) is 0 Å². The number of carbonyl (C=O) groups is 2. The molecule has 8 nitrogen and oxygen atoms in total. The maximum atomic E-state index is 13.7. The van der Waals surface area contributed by atoms with Crippen LogP contribution in [0, 0.1) is 5.92 Å². The Hall–Kier alpha value is -3.81. The number of hydrogen-bond acceptors (Lipinski definition) is 6. The van der Waals surface area contributed by atoms with E-state index in [2.05, 4.69) is 0 Å². The molecule has 0 aliphatic carbocycles. The first-order valence-corrected chi connectivity index (χ1v) is 11.4. The Morgan fingerprint density at radius 2 is 1.79 bits per heavy atom. The van der Waals surface area contributed by atoms with Crippen molar-refractivity contribution < 1.29 is 23.8 Å². The fourth-order valence-corrected chi connectivity index (χ4v) is 4.15. The molecule has 4 rings (SSSR count). The molecule has 1 atom stereocenters. The molecule has 178 valence electrons. The standard InChI is InChI=1S/C26H29N3O5/c1-4-34-26(31)19-8-6-14-28(17-19)25(30)24-16-23(18-7-5-9-22(15-18)33-3)27-29(24)20-10-12-21(32-2)13-11-20/h5,7,9-13,15-16,19H,4,6,8,14,17H2,1-3H3. The number of carbonyl (C=O) groups excluding carboxylic acids is 2. The third kappa shape index (κ3) is 4.90. The van der Waals surface area contributed by atoms with Gasteiger partial charge < -0.3 is 19.1 Å². The van der Waals surface area contributed by atoms with Gasteiger partial charge in [0, 0.05) is 18.7 Å². The highest BCUT2D eigenvalue weighted by Crippen LogP contribution is 2.28. The molecular weight excluding hydrogens is 434 g/mol. The number of esters is 1. The van der Waals surface area contributed by atoms with Gasteiger partial charge in [-0.25, -0.2) is 4.68 Å². The van der Waals surface area contributed by atoms with Crippen molar-refractivity contribution in [2.24, 2.45) is 5.92 Å². The smallest absolute Gasteiger partial charge is 0.310 e. The Balaban J connectivity index is 1.71. The summed E-state index contributed by atoms with van der Waals surface area (Å²) in [5.41, 5.74) is 2.64. The zero-order valence-corrected chi connectivity index (χ0v) is 19.7. The van der Waals surface area contributed by atoms with Gasteiger partial charge in [0.15, 0.2) is 0 Å². The van der Waals surface area contributed by atoms with Gasteiger partial charge in [-0.2, -0.15) is 5.10 Å². The predicted octanol–water partition coefficient (Wildman–Crippen LogP) is 3.97. The first-order valence-electron chi connectivity index (χ1n) is 11.4. The number of aromatic nitrogens is 2. The molecule has 0 N–H and O–H groups in total. The van der Waals surface area contributed by atoms with Crippen LogP contribution in [0.3, 0.4) is 0 Å². The Labute approximate surface area is 199 Å². The molecule has 0 radical (unpaired) electrons. The first-order chi connectivity index (χ1) is 16.5. The minimum Gasteiger partial charge on any atom is -0.497 e. The van der Waals surface area contributed by atoms with Crippen LogP contribution >= 0.6 is 0 Å². The summed E-state index contributed by atoms with van der Waals surface area (Å²) in [5.74, 6) is 0.683. The Morgan fingerprint density at radius 3 is 2.50 bits per heavy atom. The number of amides is 1. The number of rotatable bonds is 7. The maximum absolute atomic E-state index is 13.7. The molecule has 1 aromatic heterocycles. The van der Waals surface area contributed by atoms with E-state index in [1.54, 1.807) is 36.8 Å². The van der Waals surface area contributed by atoms with Crippen LogP contribution in [0.5, 0.6) is 11.5 Å². The van der Waals surface area contributed by atoms with Gasteiger partial charge in [-0.05, 0) is 62.2 Å². The van der Waals surface area contributed by atoms with Crippen LogP contribution in [0.1, 0.15) is 30.3 Å². The maximum Gasteiger partial charge on any atom is 0.310 e. The largest absolute Gasteiger partial charge is 0.497 e. The minimum absolute atomic E-state index is 0.175. The summed E-state index contributed by atoms with van der Waals surface area (Å²) in [5, 5.41) is 4.76. The normalized spacial score (nSPS) is 15.6. The van der Waals surface area contributed by atoms with E-state index in [1.807, 2.05) is 48.5 Å². The van der Waals surface area contributed by atoms with E-state index in [0.717, 1.165) is 24.1 Å². The minimum atomic E-state index is -0.312. The zero-order valence-electron chi connectivity index (χ0n) is 19.7. The summed E-state index contributed by atoms with van der Waals surface area (Å²) in [7, 11) is 3.22. The van der Waals surface area contributed by atoms with Gasteiger partial charge >= 0.3 is 5.97 Å². The van der Waals surface area contributed by atoms with Crippen LogP contribution < -0.4 is 9.47 Å². The average Bonchev–Trinajstić information content (AvgIpc) is 3.34. The second-order valence-corrected chi connectivity index (χ2v) is 8.10. The molecule has 1 aliphatic rings. The SMILES string of the molecule is CCOC(=O)C1CCCN(C(=O)c2cc(-c3cccc(OC)c3)nn2-c2ccc(OC)cc2)C1. The van der Waals surface area contributed by atoms with Crippen molar-refractivity contribution in [3.05, 3.63) is 60.3 Å². The summed E-state index contributed by atoms with van der Waals surface area (Å²) in [4.78, 5) is 27.7. The number of benzene rings is 2. The molecule has 3 aromatic rings. The number of likely N-dealkylation sites (tertiary alicyclic amines) is 1. The topological polar surface area (TPSA) is 82.9 Å². The molecule has 2 heterocycles. The van der Waals surface area contributed by atoms with Gasteiger partial charge in [0.25, 0.3) is 5.91 Å². The molecule has 1 fully saturated rings. The summed E-state index contributed by atoms with van der Waals surface area (Å²) in [6.07, 6.45) is 1.46. The quantitative estimate of drug-likeness (QED) is 0.493. The molecular formula is C26H29N3O5. The predicted molar refractivity (Wildman–Crippen MR) is 127 cm³/mol. The second-order valence-electron chi connectivity index (χ2n) is 8.10. The van der Waals surface area contributed by atoms with Crippen LogP contribution in [0.4, 0.5) is 0 Å². The number of ether oxygens (including phenoxy) is 3. The first kappa shape index (κ1) is 23.4. The molecule has 0 spiro atoms. The monoisotopic (exact) mass is 463 g/mol. The molecule has 1 saturated heterocycles. The van der Waals surface area contributed by atoms with Gasteiger partial charge in [-0.3, -0.25) is 9.59 Å². The van der Waals surface area contributed by atoms with Crippen molar-refractivity contribution in [3.8, 4) is 28.4 Å². The van der Waals surface area contributed by atoms with E-state index in [9.17, 15) is 9.59 Å². The molecule has 8 heteroatoms. The lowest BCUT2D eigenvalue weighted by atomic mass is 9.98. The number of piperidine rings is 1. The number of methoxy groups -OCH3 is 2. The Kier molecular flexibility index (Phi) is 7.15. The zero-order chi connectivity index (χ0) is 24.1. The highest BCUT2D eigenvalue weighted by Gasteiger charge is 2.31. The fourth-order valence-electron chi connectivity index (χ4n) is 4.15. The van der Waals surface area contributed by atoms with Crippen LogP contribution in [-0.2, 0) is 9.53 Å². The highest BCUT2D eigenvalue weighted by molar-refractivity contribution is 5.95. The summed E-state index contributed by atoms with van der Waals surface area (Å²) >= 11 is 0. The summed E-state index contributed by atoms with van der Waals surface area (Å²) < 4.78 is 17.5. The fraction of sp³-hybridized carbons (Fsp3) is 0.346. The lowest BCUT2D eigenvalue weighted by Crippen LogP contribution is -2.43. The molecule has 2 aromatic carbocycles. The van der Waals surface area contributed by atoms with E-state index >= 15 is 0 Å². The van der Waals surface area contributed by atoms with Crippen molar-refractivity contribution in [1.29, 1.82) is 0 Å². The van der Waals surface area contributed by atoms with Crippen molar-refractivity contribution >= 4 is 11.9 Å². The Bertz CT molecular complexity index is 1160. The van der Waals surface area contributed by atoms with E-state index in [0.29, 0.717) is 42.6 Å². The van der Waals surface area contributed by atoms with E-state index in [-0.39, 0.29) is 17.8 Å². The third-order valence-corrected chi connectivity index (χ3v) is 5.94. The van der Waals surface area contributed by atoms with Gasteiger partial charge in [0.1, 0.15) is 17.2 Å². The van der Waals surface area contributed by atoms with E-state index < -0.39 is 0 Å². The van der Waals surface area contributed by atoms with Crippen LogP contribution in [-0.4, -0.2) is 60.5 Å².